The number of amides is 1. The summed E-state index contributed by atoms with van der Waals surface area (Å²) in [6.45, 7) is 5.62. The molecule has 0 N–H and O–H groups in total. The van der Waals surface area contributed by atoms with Crippen LogP contribution in [0.3, 0.4) is 0 Å². The molecule has 1 fully saturated rings. The van der Waals surface area contributed by atoms with Crippen molar-refractivity contribution in [3.05, 3.63) is 53.6 Å². The Balaban J connectivity index is 1.30. The van der Waals surface area contributed by atoms with Crippen LogP contribution in [0.5, 0.6) is 10.9 Å². The zero-order chi connectivity index (χ0) is 19.5. The largest absolute Gasteiger partial charge is 0.484 e. The standard InChI is InChI=1S/C22H24N2O3S/c1-15-8-9-16(2)21-20(15)23-22(28-21)27-18-10-12-24(13-11-18)19(25)14-26-17-6-4-3-5-7-17/h3-9,18H,10-14H2,1-2H3. The second kappa shape index (κ2) is 8.19. The van der Waals surface area contributed by atoms with Crippen LogP contribution in [-0.4, -0.2) is 41.6 Å². The topological polar surface area (TPSA) is 51.7 Å². The highest BCUT2D eigenvalue weighted by molar-refractivity contribution is 7.20. The molecule has 1 aromatic heterocycles. The van der Waals surface area contributed by atoms with E-state index in [1.54, 1.807) is 11.3 Å². The number of nitrogens with zero attached hydrogens (tertiary/aromatic N) is 2. The molecule has 4 rings (SSSR count). The van der Waals surface area contributed by atoms with Crippen molar-refractivity contribution in [3.8, 4) is 10.9 Å². The number of carbonyl (C=O) groups is 1. The minimum absolute atomic E-state index is 0.0218. The van der Waals surface area contributed by atoms with Crippen LogP contribution in [0.15, 0.2) is 42.5 Å². The molecule has 1 aliphatic rings. The molecule has 3 aromatic rings. The molecule has 0 atom stereocenters. The fourth-order valence-electron chi connectivity index (χ4n) is 3.41. The van der Waals surface area contributed by atoms with E-state index in [-0.39, 0.29) is 18.6 Å². The van der Waals surface area contributed by atoms with E-state index in [1.165, 1.54) is 15.8 Å². The number of likely N-dealkylation sites (tertiary alicyclic amines) is 1. The van der Waals surface area contributed by atoms with Gasteiger partial charge >= 0.3 is 0 Å². The maximum atomic E-state index is 12.4. The van der Waals surface area contributed by atoms with Crippen molar-refractivity contribution in [2.45, 2.75) is 32.8 Å². The summed E-state index contributed by atoms with van der Waals surface area (Å²) in [7, 11) is 0. The molecule has 1 aliphatic heterocycles. The van der Waals surface area contributed by atoms with E-state index >= 15 is 0 Å². The predicted octanol–water partition coefficient (Wildman–Crippen LogP) is 4.36. The number of piperidine rings is 1. The van der Waals surface area contributed by atoms with Crippen molar-refractivity contribution >= 4 is 27.5 Å². The van der Waals surface area contributed by atoms with Crippen LogP contribution in [0.4, 0.5) is 0 Å². The van der Waals surface area contributed by atoms with E-state index in [1.807, 2.05) is 35.2 Å². The second-order valence-corrected chi connectivity index (χ2v) is 8.12. The Kier molecular flexibility index (Phi) is 5.48. The first-order chi connectivity index (χ1) is 13.6. The van der Waals surface area contributed by atoms with Crippen LogP contribution in [0.2, 0.25) is 0 Å². The molecular formula is C22H24N2O3S. The zero-order valence-electron chi connectivity index (χ0n) is 16.2. The number of carbonyl (C=O) groups excluding carboxylic acids is 1. The minimum atomic E-state index is 0.0218. The average Bonchev–Trinajstić information content (AvgIpc) is 3.15. The summed E-state index contributed by atoms with van der Waals surface area (Å²) in [4.78, 5) is 18.9. The van der Waals surface area contributed by atoms with Crippen LogP contribution in [0.1, 0.15) is 24.0 Å². The number of ether oxygens (including phenoxy) is 2. The van der Waals surface area contributed by atoms with Gasteiger partial charge in [0, 0.05) is 25.9 Å². The average molecular weight is 397 g/mol. The van der Waals surface area contributed by atoms with Gasteiger partial charge in [-0.3, -0.25) is 4.79 Å². The summed E-state index contributed by atoms with van der Waals surface area (Å²) in [5.41, 5.74) is 3.43. The summed E-state index contributed by atoms with van der Waals surface area (Å²) >= 11 is 1.61. The third-order valence-corrected chi connectivity index (χ3v) is 6.17. The number of aromatic nitrogens is 1. The van der Waals surface area contributed by atoms with Crippen molar-refractivity contribution in [1.29, 1.82) is 0 Å². The lowest BCUT2D eigenvalue weighted by Crippen LogP contribution is -2.43. The molecule has 1 saturated heterocycles. The Morgan fingerprint density at radius 3 is 2.54 bits per heavy atom. The number of aryl methyl sites for hydroxylation is 2. The number of thiazole rings is 1. The van der Waals surface area contributed by atoms with E-state index < -0.39 is 0 Å². The molecule has 28 heavy (non-hydrogen) atoms. The normalized spacial score (nSPS) is 15.0. The van der Waals surface area contributed by atoms with Crippen LogP contribution in [0.25, 0.3) is 10.2 Å². The summed E-state index contributed by atoms with van der Waals surface area (Å²) in [5.74, 6) is 0.740. The molecule has 2 heterocycles. The highest BCUT2D eigenvalue weighted by Gasteiger charge is 2.25. The Bertz CT molecular complexity index is 924. The fourth-order valence-corrected chi connectivity index (χ4v) is 4.44. The lowest BCUT2D eigenvalue weighted by atomic mass is 10.1. The fraction of sp³-hybridized carbons (Fsp3) is 0.364. The molecule has 0 unspecified atom stereocenters. The highest BCUT2D eigenvalue weighted by Crippen LogP contribution is 2.33. The van der Waals surface area contributed by atoms with Gasteiger partial charge in [-0.05, 0) is 37.1 Å². The second-order valence-electron chi connectivity index (χ2n) is 7.16. The monoisotopic (exact) mass is 396 g/mol. The lowest BCUT2D eigenvalue weighted by molar-refractivity contribution is -0.135. The predicted molar refractivity (Wildman–Crippen MR) is 111 cm³/mol. The Morgan fingerprint density at radius 1 is 1.11 bits per heavy atom. The van der Waals surface area contributed by atoms with E-state index in [0.29, 0.717) is 13.1 Å². The van der Waals surface area contributed by atoms with Gasteiger partial charge in [0.15, 0.2) is 6.61 Å². The van der Waals surface area contributed by atoms with Crippen LogP contribution in [-0.2, 0) is 4.79 Å². The smallest absolute Gasteiger partial charge is 0.274 e. The number of hydrogen-bond donors (Lipinski definition) is 0. The highest BCUT2D eigenvalue weighted by atomic mass is 32.1. The van der Waals surface area contributed by atoms with Crippen molar-refractivity contribution in [2.75, 3.05) is 19.7 Å². The van der Waals surface area contributed by atoms with Crippen LogP contribution < -0.4 is 9.47 Å². The first-order valence-corrected chi connectivity index (χ1v) is 10.4. The molecule has 5 nitrogen and oxygen atoms in total. The third kappa shape index (κ3) is 4.12. The van der Waals surface area contributed by atoms with Crippen molar-refractivity contribution in [1.82, 2.24) is 9.88 Å². The van der Waals surface area contributed by atoms with Gasteiger partial charge in [0.2, 0.25) is 0 Å². The molecule has 1 amide bonds. The summed E-state index contributed by atoms with van der Waals surface area (Å²) in [5, 5.41) is 0.726. The van der Waals surface area contributed by atoms with Crippen molar-refractivity contribution < 1.29 is 14.3 Å². The van der Waals surface area contributed by atoms with Gasteiger partial charge in [-0.15, -0.1) is 0 Å². The minimum Gasteiger partial charge on any atom is -0.484 e. The SMILES string of the molecule is Cc1ccc(C)c2sc(OC3CCN(C(=O)COc4ccccc4)CC3)nc12. The van der Waals surface area contributed by atoms with Crippen molar-refractivity contribution in [3.63, 3.8) is 0 Å². The molecule has 0 aliphatic carbocycles. The third-order valence-electron chi connectivity index (χ3n) is 5.09. The van der Waals surface area contributed by atoms with Crippen molar-refractivity contribution in [2.24, 2.45) is 0 Å². The number of fused-ring (bicyclic) bond motifs is 1. The van der Waals surface area contributed by atoms with E-state index in [2.05, 4.69) is 31.0 Å². The maximum absolute atomic E-state index is 12.4. The number of benzene rings is 2. The van der Waals surface area contributed by atoms with Gasteiger partial charge in [0.25, 0.3) is 11.1 Å². The molecule has 146 valence electrons. The molecule has 2 aromatic carbocycles. The Labute approximate surface area is 168 Å². The van der Waals surface area contributed by atoms with Gasteiger partial charge in [0.05, 0.1) is 10.2 Å². The molecule has 6 heteroatoms. The zero-order valence-corrected chi connectivity index (χ0v) is 17.0. The first kappa shape index (κ1) is 18.7. The van der Waals surface area contributed by atoms with Crippen LogP contribution >= 0.6 is 11.3 Å². The van der Waals surface area contributed by atoms with Crippen LogP contribution in [0, 0.1) is 13.8 Å². The van der Waals surface area contributed by atoms with E-state index in [9.17, 15) is 4.79 Å². The van der Waals surface area contributed by atoms with Gasteiger partial charge in [0.1, 0.15) is 11.9 Å². The summed E-state index contributed by atoms with van der Waals surface area (Å²) in [6.07, 6.45) is 1.72. The molecular weight excluding hydrogens is 372 g/mol. The molecule has 0 radical (unpaired) electrons. The van der Waals surface area contributed by atoms with E-state index in [0.717, 1.165) is 29.3 Å². The first-order valence-electron chi connectivity index (χ1n) is 9.59. The molecule has 0 saturated carbocycles. The van der Waals surface area contributed by atoms with E-state index in [4.69, 9.17) is 9.47 Å². The summed E-state index contributed by atoms with van der Waals surface area (Å²) in [6, 6.07) is 13.7. The van der Waals surface area contributed by atoms with Gasteiger partial charge < -0.3 is 14.4 Å². The molecule has 0 bridgehead atoms. The summed E-state index contributed by atoms with van der Waals surface area (Å²) < 4.78 is 12.9. The number of hydrogen-bond acceptors (Lipinski definition) is 5. The number of rotatable bonds is 5. The Hall–Kier alpha value is -2.60. The van der Waals surface area contributed by atoms with Gasteiger partial charge in [-0.25, -0.2) is 4.98 Å². The Morgan fingerprint density at radius 2 is 1.82 bits per heavy atom. The molecule has 0 spiro atoms. The van der Waals surface area contributed by atoms with Gasteiger partial charge in [-0.1, -0.05) is 41.7 Å². The quantitative estimate of drug-likeness (QED) is 0.643. The maximum Gasteiger partial charge on any atom is 0.274 e. The van der Waals surface area contributed by atoms with Gasteiger partial charge in [-0.2, -0.15) is 0 Å². The number of para-hydroxylation sites is 1. The lowest BCUT2D eigenvalue weighted by Gasteiger charge is -2.31.